The van der Waals surface area contributed by atoms with E-state index in [4.69, 9.17) is 21.1 Å². The fourth-order valence-electron chi connectivity index (χ4n) is 3.66. The minimum Gasteiger partial charge on any atom is -0.489 e. The summed E-state index contributed by atoms with van der Waals surface area (Å²) >= 11 is 7.51. The molecule has 0 bridgehead atoms. The van der Waals surface area contributed by atoms with Crippen LogP contribution in [0.3, 0.4) is 0 Å². The van der Waals surface area contributed by atoms with Gasteiger partial charge >= 0.3 is 5.97 Å². The maximum atomic E-state index is 13.0. The molecule has 2 heterocycles. The number of thioether (sulfide) groups is 1. The number of ether oxygens (including phenoxy) is 2. The van der Waals surface area contributed by atoms with E-state index in [-0.39, 0.29) is 5.97 Å². The van der Waals surface area contributed by atoms with Crippen LogP contribution in [0.4, 0.5) is 5.95 Å². The zero-order chi connectivity index (χ0) is 24.1. The molecule has 3 aromatic rings. The molecule has 4 rings (SSSR count). The van der Waals surface area contributed by atoms with E-state index in [1.54, 1.807) is 16.4 Å². The summed E-state index contributed by atoms with van der Waals surface area (Å²) in [6.45, 7) is 6.68. The van der Waals surface area contributed by atoms with Gasteiger partial charge in [0.25, 0.3) is 0 Å². The van der Waals surface area contributed by atoms with Crippen LogP contribution in [0.1, 0.15) is 44.4 Å². The molecule has 1 atom stereocenters. The molecule has 0 amide bonds. The van der Waals surface area contributed by atoms with Gasteiger partial charge in [-0.05, 0) is 54.5 Å². The predicted octanol–water partition coefficient (Wildman–Crippen LogP) is 5.86. The number of carbonyl (C=O) groups is 1. The first kappa shape index (κ1) is 24.2. The van der Waals surface area contributed by atoms with Gasteiger partial charge in [0.15, 0.2) is 0 Å². The lowest BCUT2D eigenvalue weighted by Gasteiger charge is -2.28. The zero-order valence-corrected chi connectivity index (χ0v) is 20.9. The Kier molecular flexibility index (Phi) is 7.80. The molecule has 0 aliphatic carbocycles. The summed E-state index contributed by atoms with van der Waals surface area (Å²) in [7, 11) is 0. The largest absolute Gasteiger partial charge is 0.489 e. The number of benzene rings is 2. The van der Waals surface area contributed by atoms with Gasteiger partial charge < -0.3 is 14.8 Å². The summed E-state index contributed by atoms with van der Waals surface area (Å²) in [6, 6.07) is 14.8. The van der Waals surface area contributed by atoms with Gasteiger partial charge in [0.05, 0.1) is 12.2 Å². The van der Waals surface area contributed by atoms with Crippen LogP contribution >= 0.6 is 23.4 Å². The number of aromatic nitrogens is 3. The Bertz CT molecular complexity index is 1180. The monoisotopic (exact) mass is 498 g/mol. The summed E-state index contributed by atoms with van der Waals surface area (Å²) in [5.41, 5.74) is 3.15. The average Bonchev–Trinajstić information content (AvgIpc) is 3.23. The highest BCUT2D eigenvalue weighted by Crippen LogP contribution is 2.37. The van der Waals surface area contributed by atoms with Gasteiger partial charge in [-0.1, -0.05) is 61.5 Å². The molecule has 7 nitrogen and oxygen atoms in total. The van der Waals surface area contributed by atoms with E-state index in [1.165, 1.54) is 0 Å². The van der Waals surface area contributed by atoms with Gasteiger partial charge in [-0.15, -0.1) is 5.10 Å². The van der Waals surface area contributed by atoms with Crippen molar-refractivity contribution < 1.29 is 14.3 Å². The normalized spacial score (nSPS) is 15.0. The first-order valence-electron chi connectivity index (χ1n) is 11.2. The van der Waals surface area contributed by atoms with Crippen molar-refractivity contribution in [2.75, 3.05) is 17.7 Å². The van der Waals surface area contributed by atoms with Crippen molar-refractivity contribution in [2.24, 2.45) is 0 Å². The van der Waals surface area contributed by atoms with E-state index >= 15 is 0 Å². The van der Waals surface area contributed by atoms with E-state index in [1.807, 2.05) is 62.4 Å². The Balaban J connectivity index is 1.62. The van der Waals surface area contributed by atoms with Gasteiger partial charge in [-0.2, -0.15) is 4.98 Å². The van der Waals surface area contributed by atoms with E-state index in [0.29, 0.717) is 40.6 Å². The highest BCUT2D eigenvalue weighted by Gasteiger charge is 2.35. The Morgan fingerprint density at radius 1 is 1.15 bits per heavy atom. The lowest BCUT2D eigenvalue weighted by atomic mass is 9.96. The Hall–Kier alpha value is -2.97. The number of fused-ring (bicyclic) bond motifs is 1. The second kappa shape index (κ2) is 11.0. The number of esters is 1. The molecule has 0 spiro atoms. The van der Waals surface area contributed by atoms with Gasteiger partial charge in [-0.25, -0.2) is 9.48 Å². The van der Waals surface area contributed by atoms with Crippen LogP contribution in [0.25, 0.3) is 0 Å². The van der Waals surface area contributed by atoms with E-state index < -0.39 is 6.04 Å². The van der Waals surface area contributed by atoms with Crippen LogP contribution in [0.5, 0.6) is 5.75 Å². The van der Waals surface area contributed by atoms with Crippen molar-refractivity contribution >= 4 is 35.3 Å². The maximum Gasteiger partial charge on any atom is 0.338 e. The number of anilines is 1. The van der Waals surface area contributed by atoms with Gasteiger partial charge in [0.2, 0.25) is 11.1 Å². The van der Waals surface area contributed by atoms with Crippen molar-refractivity contribution in [1.29, 1.82) is 0 Å². The molecule has 0 saturated carbocycles. The maximum absolute atomic E-state index is 13.0. The minimum absolute atomic E-state index is 0.356. The Morgan fingerprint density at radius 2 is 1.88 bits per heavy atom. The molecular weight excluding hydrogens is 472 g/mol. The molecular formula is C25H27ClN4O3S. The van der Waals surface area contributed by atoms with Gasteiger partial charge in [-0.3, -0.25) is 0 Å². The number of nitrogens with one attached hydrogen (secondary N) is 1. The molecule has 1 aliphatic rings. The number of nitrogens with zero attached hydrogens (tertiary/aromatic N) is 3. The topological polar surface area (TPSA) is 78.3 Å². The van der Waals surface area contributed by atoms with Crippen LogP contribution in [0.15, 0.2) is 65.0 Å². The van der Waals surface area contributed by atoms with E-state index in [2.05, 4.69) is 22.3 Å². The molecule has 0 saturated heterocycles. The van der Waals surface area contributed by atoms with Crippen LogP contribution in [0.2, 0.25) is 5.02 Å². The summed E-state index contributed by atoms with van der Waals surface area (Å²) in [5.74, 6) is 1.83. The molecule has 1 aliphatic heterocycles. The molecule has 9 heteroatoms. The molecule has 1 N–H and O–H groups in total. The minimum atomic E-state index is -0.454. The molecule has 34 heavy (non-hydrogen) atoms. The number of hydrogen-bond donors (Lipinski definition) is 1. The molecule has 178 valence electrons. The highest BCUT2D eigenvalue weighted by molar-refractivity contribution is 7.99. The van der Waals surface area contributed by atoms with Crippen molar-refractivity contribution in [1.82, 2.24) is 14.8 Å². The summed E-state index contributed by atoms with van der Waals surface area (Å²) in [4.78, 5) is 17.6. The van der Waals surface area contributed by atoms with Crippen molar-refractivity contribution in [2.45, 2.75) is 45.0 Å². The average molecular weight is 499 g/mol. The predicted molar refractivity (Wildman–Crippen MR) is 134 cm³/mol. The van der Waals surface area contributed by atoms with E-state index in [0.717, 1.165) is 29.1 Å². The van der Waals surface area contributed by atoms with E-state index in [9.17, 15) is 4.79 Å². The summed E-state index contributed by atoms with van der Waals surface area (Å²) < 4.78 is 13.2. The standard InChI is InChI=1S/C25H27ClN4O3S/c1-4-14-32-23(31)21-16(3)27-24-28-25(34-5-2)29-30(24)22(21)18-8-12-20(13-9-18)33-15-17-6-10-19(26)11-7-17/h6-13,22H,4-5,14-15H2,1-3H3,(H,27,28,29). The second-order valence-corrected chi connectivity index (χ2v) is 9.45. The van der Waals surface area contributed by atoms with Crippen LogP contribution in [-0.2, 0) is 16.1 Å². The number of rotatable bonds is 9. The third-order valence-electron chi connectivity index (χ3n) is 5.28. The van der Waals surface area contributed by atoms with Crippen LogP contribution < -0.4 is 10.1 Å². The molecule has 0 fully saturated rings. The highest BCUT2D eigenvalue weighted by atomic mass is 35.5. The third-order valence-corrected chi connectivity index (χ3v) is 6.25. The fraction of sp³-hybridized carbons (Fsp3) is 0.320. The Labute approximate surface area is 208 Å². The van der Waals surface area contributed by atoms with Crippen molar-refractivity contribution in [3.05, 3.63) is 76.0 Å². The quantitative estimate of drug-likeness (QED) is 0.292. The fourth-order valence-corrected chi connectivity index (χ4v) is 4.34. The first-order chi connectivity index (χ1) is 16.5. The third kappa shape index (κ3) is 5.39. The number of allylic oxidation sites excluding steroid dienone is 1. The second-order valence-electron chi connectivity index (χ2n) is 7.78. The van der Waals surface area contributed by atoms with Gasteiger partial charge in [0, 0.05) is 10.7 Å². The smallest absolute Gasteiger partial charge is 0.338 e. The number of carbonyl (C=O) groups excluding carboxylic acids is 1. The van der Waals surface area contributed by atoms with Crippen molar-refractivity contribution in [3.63, 3.8) is 0 Å². The summed E-state index contributed by atoms with van der Waals surface area (Å²) in [5, 5.41) is 9.25. The number of hydrogen-bond acceptors (Lipinski definition) is 7. The molecule has 1 aromatic heterocycles. The van der Waals surface area contributed by atoms with Crippen LogP contribution in [-0.4, -0.2) is 33.1 Å². The van der Waals surface area contributed by atoms with Crippen LogP contribution in [0, 0.1) is 0 Å². The Morgan fingerprint density at radius 3 is 2.56 bits per heavy atom. The van der Waals surface area contributed by atoms with Crippen molar-refractivity contribution in [3.8, 4) is 5.75 Å². The van der Waals surface area contributed by atoms with Gasteiger partial charge in [0.1, 0.15) is 18.4 Å². The SMILES string of the molecule is CCCOC(=O)C1=C(C)Nc2nc(SCC)nn2C1c1ccc(OCc2ccc(Cl)cc2)cc1. The molecule has 0 radical (unpaired) electrons. The first-order valence-corrected chi connectivity index (χ1v) is 12.6. The summed E-state index contributed by atoms with van der Waals surface area (Å²) in [6.07, 6.45) is 0.752. The zero-order valence-electron chi connectivity index (χ0n) is 19.4. The number of halogens is 1. The lowest BCUT2D eigenvalue weighted by molar-refractivity contribution is -0.139. The molecule has 2 aromatic carbocycles. The lowest BCUT2D eigenvalue weighted by Crippen LogP contribution is -2.29. The molecule has 1 unspecified atom stereocenters.